The largest absolute Gasteiger partial charge is 0.451 e. The summed E-state index contributed by atoms with van der Waals surface area (Å²) in [7, 11) is -4.01. The summed E-state index contributed by atoms with van der Waals surface area (Å²) in [5.41, 5.74) is 0.548. The van der Waals surface area contributed by atoms with Crippen LogP contribution in [0.4, 0.5) is 4.39 Å². The van der Waals surface area contributed by atoms with E-state index in [9.17, 15) is 27.2 Å². The highest BCUT2D eigenvalue weighted by atomic mass is 32.2. The molecule has 2 atom stereocenters. The summed E-state index contributed by atoms with van der Waals surface area (Å²) in [5.74, 6) is -1.99. The lowest BCUT2D eigenvalue weighted by Gasteiger charge is -2.23. The molecule has 11 heteroatoms. The van der Waals surface area contributed by atoms with Gasteiger partial charge >= 0.3 is 0 Å². The van der Waals surface area contributed by atoms with Gasteiger partial charge in [-0.3, -0.25) is 14.4 Å². The zero-order chi connectivity index (χ0) is 27.4. The average Bonchev–Trinajstić information content (AvgIpc) is 3.22. The molecule has 4 rings (SSSR count). The zero-order valence-electron chi connectivity index (χ0n) is 21.1. The van der Waals surface area contributed by atoms with Crippen LogP contribution in [0.2, 0.25) is 0 Å². The van der Waals surface area contributed by atoms with Gasteiger partial charge in [0.05, 0.1) is 17.5 Å². The van der Waals surface area contributed by atoms with Crippen molar-refractivity contribution in [3.63, 3.8) is 0 Å². The lowest BCUT2D eigenvalue weighted by Crippen LogP contribution is -2.52. The van der Waals surface area contributed by atoms with Gasteiger partial charge in [0.2, 0.25) is 15.9 Å². The van der Waals surface area contributed by atoms with Crippen LogP contribution in [0, 0.1) is 11.7 Å². The normalized spacial score (nSPS) is 17.8. The van der Waals surface area contributed by atoms with Crippen molar-refractivity contribution in [1.82, 2.24) is 14.9 Å². The van der Waals surface area contributed by atoms with Crippen LogP contribution >= 0.6 is 0 Å². The summed E-state index contributed by atoms with van der Waals surface area (Å²) < 4.78 is 45.9. The predicted octanol–water partition coefficient (Wildman–Crippen LogP) is 3.26. The van der Waals surface area contributed by atoms with E-state index in [1.54, 1.807) is 18.2 Å². The summed E-state index contributed by atoms with van der Waals surface area (Å²) >= 11 is 0. The van der Waals surface area contributed by atoms with Crippen LogP contribution < -0.4 is 10.6 Å². The molecule has 2 N–H and O–H groups in total. The zero-order valence-corrected chi connectivity index (χ0v) is 22.0. The molecule has 0 radical (unpaired) electrons. The van der Waals surface area contributed by atoms with Gasteiger partial charge < -0.3 is 15.1 Å². The minimum atomic E-state index is -4.01. The molecule has 1 unspecified atom stereocenters. The minimum Gasteiger partial charge on any atom is -0.451 e. The third kappa shape index (κ3) is 6.28. The molecule has 1 fully saturated rings. The van der Waals surface area contributed by atoms with Crippen LogP contribution in [-0.2, 0) is 19.6 Å². The Morgan fingerprint density at radius 2 is 1.84 bits per heavy atom. The number of halogens is 1. The van der Waals surface area contributed by atoms with Crippen molar-refractivity contribution in [2.45, 2.75) is 50.1 Å². The van der Waals surface area contributed by atoms with Gasteiger partial charge in [-0.1, -0.05) is 32.0 Å². The van der Waals surface area contributed by atoms with E-state index in [1.165, 1.54) is 0 Å². The monoisotopic (exact) mass is 543 g/mol. The predicted molar refractivity (Wildman–Crippen MR) is 138 cm³/mol. The fourth-order valence-corrected chi connectivity index (χ4v) is 5.85. The van der Waals surface area contributed by atoms with Crippen LogP contribution in [0.5, 0.6) is 0 Å². The molecular weight excluding hydrogens is 513 g/mol. The molecular formula is C27H30FN3O6S. The van der Waals surface area contributed by atoms with Crippen molar-refractivity contribution in [2.75, 3.05) is 13.1 Å². The van der Waals surface area contributed by atoms with E-state index in [0.717, 1.165) is 34.0 Å². The molecule has 1 aromatic heterocycles. The number of ketones is 1. The van der Waals surface area contributed by atoms with Gasteiger partial charge in [-0.25, -0.2) is 12.8 Å². The number of rotatable bonds is 8. The van der Waals surface area contributed by atoms with Crippen molar-refractivity contribution in [1.29, 1.82) is 0 Å². The number of nitrogens with one attached hydrogen (secondary N) is 2. The van der Waals surface area contributed by atoms with E-state index in [4.69, 9.17) is 4.42 Å². The number of nitrogens with zero attached hydrogens (tertiary/aromatic N) is 1. The highest BCUT2D eigenvalue weighted by Crippen LogP contribution is 2.21. The maximum atomic E-state index is 13.3. The SMILES string of the molecule is CC(C)CC(NC(=O)c1cc2ccccc2o1)C(=O)N[C@@H]1CCCN(S(=O)(=O)c2ccc(F)cc2)CC1=O. The Kier molecular flexibility index (Phi) is 8.27. The lowest BCUT2D eigenvalue weighted by molar-refractivity contribution is -0.129. The van der Waals surface area contributed by atoms with E-state index < -0.39 is 52.1 Å². The van der Waals surface area contributed by atoms with Crippen LogP contribution in [0.3, 0.4) is 0 Å². The molecule has 2 heterocycles. The first-order chi connectivity index (χ1) is 18.0. The average molecular weight is 544 g/mol. The van der Waals surface area contributed by atoms with E-state index in [1.807, 2.05) is 26.0 Å². The number of benzene rings is 2. The topological polar surface area (TPSA) is 126 Å². The van der Waals surface area contributed by atoms with Gasteiger partial charge in [0.15, 0.2) is 11.5 Å². The first-order valence-corrected chi connectivity index (χ1v) is 13.9. The summed E-state index contributed by atoms with van der Waals surface area (Å²) in [5, 5.41) is 6.18. The van der Waals surface area contributed by atoms with Gasteiger partial charge in [-0.15, -0.1) is 0 Å². The van der Waals surface area contributed by atoms with Gasteiger partial charge in [-0.05, 0) is 61.6 Å². The van der Waals surface area contributed by atoms with E-state index in [0.29, 0.717) is 18.4 Å². The Morgan fingerprint density at radius 1 is 1.13 bits per heavy atom. The van der Waals surface area contributed by atoms with Crippen molar-refractivity contribution in [2.24, 2.45) is 5.92 Å². The van der Waals surface area contributed by atoms with Crippen LogP contribution in [0.25, 0.3) is 11.0 Å². The summed E-state index contributed by atoms with van der Waals surface area (Å²) in [6.07, 6.45) is 0.896. The highest BCUT2D eigenvalue weighted by Gasteiger charge is 2.34. The second-order valence-corrected chi connectivity index (χ2v) is 11.7. The highest BCUT2D eigenvalue weighted by molar-refractivity contribution is 7.89. The fourth-order valence-electron chi connectivity index (χ4n) is 4.41. The summed E-state index contributed by atoms with van der Waals surface area (Å²) in [6, 6.07) is 11.3. The number of fused-ring (bicyclic) bond motifs is 1. The van der Waals surface area contributed by atoms with E-state index in [2.05, 4.69) is 10.6 Å². The van der Waals surface area contributed by atoms with Gasteiger partial charge in [0.1, 0.15) is 17.4 Å². The molecule has 0 saturated carbocycles. The molecule has 0 bridgehead atoms. The van der Waals surface area contributed by atoms with E-state index in [-0.39, 0.29) is 29.5 Å². The fraction of sp³-hybridized carbons (Fsp3) is 0.370. The van der Waals surface area contributed by atoms with Gasteiger partial charge in [0, 0.05) is 11.9 Å². The van der Waals surface area contributed by atoms with Crippen LogP contribution in [-0.4, -0.2) is 55.5 Å². The number of Topliss-reactive ketones (excluding diaryl/α,β-unsaturated/α-hetero) is 1. The molecule has 1 aliphatic rings. The number of amides is 2. The lowest BCUT2D eigenvalue weighted by atomic mass is 10.0. The number of furan rings is 1. The third-order valence-electron chi connectivity index (χ3n) is 6.37. The van der Waals surface area contributed by atoms with E-state index >= 15 is 0 Å². The van der Waals surface area contributed by atoms with Crippen LogP contribution in [0.1, 0.15) is 43.7 Å². The number of hydrogen-bond donors (Lipinski definition) is 2. The summed E-state index contributed by atoms with van der Waals surface area (Å²) in [6.45, 7) is 3.46. The number of para-hydroxylation sites is 1. The number of carbonyl (C=O) groups is 3. The molecule has 38 heavy (non-hydrogen) atoms. The molecule has 2 amide bonds. The van der Waals surface area contributed by atoms with Crippen molar-refractivity contribution in [3.8, 4) is 0 Å². The first kappa shape index (κ1) is 27.5. The standard InChI is InChI=1S/C27H30FN3O6S/c1-17(2)14-22(30-27(34)25-15-18-6-3-4-8-24(18)37-25)26(33)29-21-7-5-13-31(16-23(21)32)38(35,36)20-11-9-19(28)10-12-20/h3-4,6,8-12,15,17,21-22H,5,7,13-14,16H2,1-2H3,(H,29,33)(H,30,34)/t21-,22?/m1/s1. The second kappa shape index (κ2) is 11.4. The molecule has 2 aromatic carbocycles. The molecule has 0 spiro atoms. The number of hydrogen-bond acceptors (Lipinski definition) is 6. The smallest absolute Gasteiger partial charge is 0.287 e. The molecule has 202 valence electrons. The summed E-state index contributed by atoms with van der Waals surface area (Å²) in [4.78, 5) is 39.0. The van der Waals surface area contributed by atoms with Crippen molar-refractivity contribution >= 4 is 38.6 Å². The van der Waals surface area contributed by atoms with Crippen molar-refractivity contribution < 1.29 is 31.6 Å². The number of sulfonamides is 1. The first-order valence-electron chi connectivity index (χ1n) is 12.4. The van der Waals surface area contributed by atoms with Crippen molar-refractivity contribution in [3.05, 3.63) is 66.2 Å². The Balaban J connectivity index is 1.44. The quantitative estimate of drug-likeness (QED) is 0.449. The Morgan fingerprint density at radius 3 is 2.53 bits per heavy atom. The molecule has 1 aliphatic heterocycles. The molecule has 1 saturated heterocycles. The van der Waals surface area contributed by atoms with Gasteiger partial charge in [0.25, 0.3) is 5.91 Å². The minimum absolute atomic E-state index is 0.0582. The molecule has 9 nitrogen and oxygen atoms in total. The van der Waals surface area contributed by atoms with Crippen LogP contribution in [0.15, 0.2) is 63.9 Å². The Bertz CT molecular complexity index is 1400. The molecule has 3 aromatic rings. The maximum absolute atomic E-state index is 13.3. The van der Waals surface area contributed by atoms with Gasteiger partial charge in [-0.2, -0.15) is 4.31 Å². The molecule has 0 aliphatic carbocycles. The Labute approximate surface area is 220 Å². The second-order valence-electron chi connectivity index (χ2n) is 9.77. The number of carbonyl (C=O) groups excluding carboxylic acids is 3. The third-order valence-corrected chi connectivity index (χ3v) is 8.23. The maximum Gasteiger partial charge on any atom is 0.287 e. The Hall–Kier alpha value is -3.57.